The van der Waals surface area contributed by atoms with Gasteiger partial charge in [-0.05, 0) is 54.4 Å². The van der Waals surface area contributed by atoms with Gasteiger partial charge in [-0.3, -0.25) is 4.79 Å². The topological polar surface area (TPSA) is 114 Å². The van der Waals surface area contributed by atoms with E-state index in [0.717, 1.165) is 15.4 Å². The predicted octanol–water partition coefficient (Wildman–Crippen LogP) is 2.89. The van der Waals surface area contributed by atoms with E-state index >= 15 is 0 Å². The number of rotatable bonds is 11. The summed E-state index contributed by atoms with van der Waals surface area (Å²) in [4.78, 5) is 23.9. The van der Waals surface area contributed by atoms with Crippen LogP contribution < -0.4 is 10.2 Å². The Balaban J connectivity index is 1.66. The monoisotopic (exact) mass is 509 g/mol. The number of carbonyl (C=O) groups is 2. The number of hydrogen-bond donors (Lipinski definition) is 1. The average molecular weight is 510 g/mol. The molecule has 188 valence electrons. The zero-order valence-electron chi connectivity index (χ0n) is 20.0. The van der Waals surface area contributed by atoms with Gasteiger partial charge in [0.15, 0.2) is 6.61 Å². The van der Waals surface area contributed by atoms with Crippen molar-refractivity contribution in [2.75, 3.05) is 20.3 Å². The van der Waals surface area contributed by atoms with Crippen LogP contribution in [-0.2, 0) is 30.9 Å². The summed E-state index contributed by atoms with van der Waals surface area (Å²) in [5.74, 6) is -0.607. The van der Waals surface area contributed by atoms with Gasteiger partial charge < -0.3 is 9.47 Å². The van der Waals surface area contributed by atoms with Gasteiger partial charge in [0.25, 0.3) is 5.91 Å². The van der Waals surface area contributed by atoms with Gasteiger partial charge in [-0.1, -0.05) is 48.0 Å². The molecular formula is C26H27N3O6S. The Labute approximate surface area is 210 Å². The summed E-state index contributed by atoms with van der Waals surface area (Å²) in [5, 5.41) is 3.92. The van der Waals surface area contributed by atoms with Gasteiger partial charge in [0.05, 0.1) is 24.8 Å². The van der Waals surface area contributed by atoms with Crippen LogP contribution in [0.5, 0.6) is 5.75 Å². The number of methoxy groups -OCH3 is 1. The number of hydrazone groups is 1. The molecule has 3 aromatic rings. The Kier molecular flexibility index (Phi) is 9.32. The lowest BCUT2D eigenvalue weighted by atomic mass is 10.2. The molecule has 0 atom stereocenters. The fourth-order valence-electron chi connectivity index (χ4n) is 3.10. The van der Waals surface area contributed by atoms with E-state index in [1.165, 1.54) is 25.5 Å². The zero-order chi connectivity index (χ0) is 26.0. The summed E-state index contributed by atoms with van der Waals surface area (Å²) >= 11 is 0. The standard InChI is InChI=1S/C26H27N3O6S/c1-20-8-14-24(15-9-20)36(32,33)29(17-22-6-4-3-5-7-22)18-25(30)28-27-16-21-10-12-23(13-11-21)35-19-26(31)34-2/h3-16H,17-19H2,1-2H3,(H,28,30)/b27-16+. The van der Waals surface area contributed by atoms with Crippen molar-refractivity contribution in [1.82, 2.24) is 9.73 Å². The van der Waals surface area contributed by atoms with E-state index in [1.54, 1.807) is 48.5 Å². The molecule has 0 fully saturated rings. The van der Waals surface area contributed by atoms with Crippen molar-refractivity contribution in [3.05, 3.63) is 95.6 Å². The fourth-order valence-corrected chi connectivity index (χ4v) is 4.48. The molecule has 0 unspecified atom stereocenters. The highest BCUT2D eigenvalue weighted by molar-refractivity contribution is 7.89. The highest BCUT2D eigenvalue weighted by Crippen LogP contribution is 2.19. The molecule has 1 amide bonds. The third-order valence-electron chi connectivity index (χ3n) is 5.05. The molecule has 1 N–H and O–H groups in total. The summed E-state index contributed by atoms with van der Waals surface area (Å²) < 4.78 is 37.5. The maximum absolute atomic E-state index is 13.3. The van der Waals surface area contributed by atoms with Crippen molar-refractivity contribution in [2.45, 2.75) is 18.4 Å². The van der Waals surface area contributed by atoms with Crippen LogP contribution in [-0.4, -0.2) is 51.1 Å². The van der Waals surface area contributed by atoms with Crippen LogP contribution in [0, 0.1) is 6.92 Å². The predicted molar refractivity (Wildman–Crippen MR) is 135 cm³/mol. The number of aryl methyl sites for hydroxylation is 1. The molecule has 0 aromatic heterocycles. The highest BCUT2D eigenvalue weighted by atomic mass is 32.2. The summed E-state index contributed by atoms with van der Waals surface area (Å²) in [6.45, 7) is 1.28. The van der Waals surface area contributed by atoms with Crippen molar-refractivity contribution >= 4 is 28.1 Å². The molecule has 0 radical (unpaired) electrons. The van der Waals surface area contributed by atoms with Crippen molar-refractivity contribution in [2.24, 2.45) is 5.10 Å². The lowest BCUT2D eigenvalue weighted by molar-refractivity contribution is -0.142. The van der Waals surface area contributed by atoms with Gasteiger partial charge in [-0.2, -0.15) is 9.41 Å². The van der Waals surface area contributed by atoms with Crippen LogP contribution in [0.15, 0.2) is 88.9 Å². The number of nitrogens with one attached hydrogen (secondary N) is 1. The van der Waals surface area contributed by atoms with Crippen molar-refractivity contribution < 1.29 is 27.5 Å². The maximum Gasteiger partial charge on any atom is 0.343 e. The first kappa shape index (κ1) is 26.6. The number of hydrogen-bond acceptors (Lipinski definition) is 7. The minimum Gasteiger partial charge on any atom is -0.482 e. The van der Waals surface area contributed by atoms with E-state index in [0.29, 0.717) is 11.3 Å². The SMILES string of the molecule is COC(=O)COc1ccc(/C=N/NC(=O)CN(Cc2ccccc2)S(=O)(=O)c2ccc(C)cc2)cc1. The van der Waals surface area contributed by atoms with Crippen LogP contribution in [0.4, 0.5) is 0 Å². The van der Waals surface area contributed by atoms with Gasteiger partial charge in [0.1, 0.15) is 5.75 Å². The Morgan fingerprint density at radius 2 is 1.64 bits per heavy atom. The van der Waals surface area contributed by atoms with Crippen LogP contribution >= 0.6 is 0 Å². The lowest BCUT2D eigenvalue weighted by Gasteiger charge is -2.21. The minimum absolute atomic E-state index is 0.0290. The largest absolute Gasteiger partial charge is 0.482 e. The van der Waals surface area contributed by atoms with Gasteiger partial charge in [0, 0.05) is 6.54 Å². The number of ether oxygens (including phenoxy) is 2. The number of carbonyl (C=O) groups excluding carboxylic acids is 2. The molecule has 0 aliphatic heterocycles. The van der Waals surface area contributed by atoms with E-state index in [4.69, 9.17) is 4.74 Å². The van der Waals surface area contributed by atoms with E-state index in [1.807, 2.05) is 25.1 Å². The smallest absolute Gasteiger partial charge is 0.343 e. The first-order valence-corrected chi connectivity index (χ1v) is 12.4. The number of amides is 1. The summed E-state index contributed by atoms with van der Waals surface area (Å²) in [5.41, 5.74) is 4.71. The third-order valence-corrected chi connectivity index (χ3v) is 6.85. The zero-order valence-corrected chi connectivity index (χ0v) is 20.8. The maximum atomic E-state index is 13.3. The molecule has 3 rings (SSSR count). The highest BCUT2D eigenvalue weighted by Gasteiger charge is 2.26. The molecule has 0 saturated carbocycles. The second-order valence-corrected chi connectivity index (χ2v) is 9.74. The van der Waals surface area contributed by atoms with Gasteiger partial charge in [0.2, 0.25) is 10.0 Å². The summed E-state index contributed by atoms with van der Waals surface area (Å²) in [6.07, 6.45) is 1.41. The molecule has 0 heterocycles. The third kappa shape index (κ3) is 7.76. The molecule has 0 spiro atoms. The van der Waals surface area contributed by atoms with Crippen LogP contribution in [0.25, 0.3) is 0 Å². The van der Waals surface area contributed by atoms with E-state index in [-0.39, 0.29) is 18.0 Å². The van der Waals surface area contributed by atoms with Gasteiger partial charge >= 0.3 is 5.97 Å². The summed E-state index contributed by atoms with van der Waals surface area (Å²) in [6, 6.07) is 22.2. The Bertz CT molecular complexity index is 1290. The van der Waals surface area contributed by atoms with Crippen LogP contribution in [0.3, 0.4) is 0 Å². The quantitative estimate of drug-likeness (QED) is 0.242. The van der Waals surface area contributed by atoms with E-state index in [9.17, 15) is 18.0 Å². The molecule has 10 heteroatoms. The molecule has 0 saturated heterocycles. The molecule has 0 aliphatic carbocycles. The van der Waals surface area contributed by atoms with Crippen molar-refractivity contribution in [1.29, 1.82) is 0 Å². The molecule has 0 aliphatic rings. The van der Waals surface area contributed by atoms with Gasteiger partial charge in [-0.25, -0.2) is 18.6 Å². The second kappa shape index (κ2) is 12.6. The molecule has 0 bridgehead atoms. The second-order valence-electron chi connectivity index (χ2n) is 7.80. The number of benzene rings is 3. The van der Waals surface area contributed by atoms with Crippen molar-refractivity contribution in [3.8, 4) is 5.75 Å². The normalized spacial score (nSPS) is 11.4. The number of nitrogens with zero attached hydrogens (tertiary/aromatic N) is 2. The summed E-state index contributed by atoms with van der Waals surface area (Å²) in [7, 11) is -2.66. The Morgan fingerprint density at radius 3 is 2.28 bits per heavy atom. The minimum atomic E-state index is -3.93. The fraction of sp³-hybridized carbons (Fsp3) is 0.192. The van der Waals surface area contributed by atoms with E-state index in [2.05, 4.69) is 15.3 Å². The number of sulfonamides is 1. The molecule has 9 nitrogen and oxygen atoms in total. The van der Waals surface area contributed by atoms with E-state index < -0.39 is 28.4 Å². The first-order chi connectivity index (χ1) is 17.3. The lowest BCUT2D eigenvalue weighted by Crippen LogP contribution is -2.39. The van der Waals surface area contributed by atoms with Gasteiger partial charge in [-0.15, -0.1) is 0 Å². The number of esters is 1. The van der Waals surface area contributed by atoms with Crippen molar-refractivity contribution in [3.63, 3.8) is 0 Å². The molecule has 36 heavy (non-hydrogen) atoms. The van der Waals surface area contributed by atoms with Crippen LogP contribution in [0.1, 0.15) is 16.7 Å². The Morgan fingerprint density at radius 1 is 0.972 bits per heavy atom. The molecular weight excluding hydrogens is 482 g/mol. The Hall–Kier alpha value is -4.02. The van der Waals surface area contributed by atoms with Crippen LogP contribution in [0.2, 0.25) is 0 Å². The molecule has 3 aromatic carbocycles. The first-order valence-electron chi connectivity index (χ1n) is 11.0. The average Bonchev–Trinajstić information content (AvgIpc) is 2.88.